The molecule has 18 heavy (non-hydrogen) atoms. The molecule has 3 aliphatic heterocycles. The Balaban J connectivity index is 2.33. The molecule has 0 saturated heterocycles. The van der Waals surface area contributed by atoms with Crippen molar-refractivity contribution in [3.05, 3.63) is 22.7 Å². The van der Waals surface area contributed by atoms with E-state index in [0.29, 0.717) is 23.3 Å². The zero-order chi connectivity index (χ0) is 13.0. The summed E-state index contributed by atoms with van der Waals surface area (Å²) < 4.78 is 0. The topological polar surface area (TPSA) is 72.9 Å². The Morgan fingerprint density at radius 2 is 1.56 bits per heavy atom. The van der Waals surface area contributed by atoms with Crippen molar-refractivity contribution in [3.8, 4) is 0 Å². The van der Waals surface area contributed by atoms with Crippen LogP contribution in [0.1, 0.15) is 27.7 Å². The second-order valence-corrected chi connectivity index (χ2v) is 4.42. The second kappa shape index (κ2) is 3.38. The van der Waals surface area contributed by atoms with Gasteiger partial charge in [0.2, 0.25) is 5.96 Å². The van der Waals surface area contributed by atoms with Gasteiger partial charge in [-0.2, -0.15) is 4.99 Å². The molecule has 1 N–H and O–H groups in total. The predicted octanol–water partition coefficient (Wildman–Crippen LogP) is 1.98. The summed E-state index contributed by atoms with van der Waals surface area (Å²) in [6, 6.07) is 0. The number of aliphatic hydroxyl groups excluding tert-OH is 1. The normalized spacial score (nSPS) is 22.3. The van der Waals surface area contributed by atoms with Gasteiger partial charge >= 0.3 is 0 Å². The molecule has 0 spiro atoms. The zero-order valence-electron chi connectivity index (χ0n) is 10.7. The van der Waals surface area contributed by atoms with Crippen molar-refractivity contribution in [2.45, 2.75) is 27.7 Å². The first-order valence-corrected chi connectivity index (χ1v) is 5.68. The quantitative estimate of drug-likeness (QED) is 0.706. The van der Waals surface area contributed by atoms with Crippen LogP contribution in [0.5, 0.6) is 0 Å². The number of amidine groups is 3. The fourth-order valence-corrected chi connectivity index (χ4v) is 2.02. The highest BCUT2D eigenvalue weighted by molar-refractivity contribution is 6.31. The minimum absolute atomic E-state index is 0.0769. The van der Waals surface area contributed by atoms with E-state index in [9.17, 15) is 5.11 Å². The first-order valence-electron chi connectivity index (χ1n) is 5.68. The van der Waals surface area contributed by atoms with E-state index in [4.69, 9.17) is 0 Å². The van der Waals surface area contributed by atoms with Crippen molar-refractivity contribution in [1.29, 1.82) is 0 Å². The van der Waals surface area contributed by atoms with Gasteiger partial charge in [-0.25, -0.2) is 19.9 Å². The Kier molecular flexibility index (Phi) is 2.04. The number of aliphatic imine (C=N–C) groups is 4. The van der Waals surface area contributed by atoms with E-state index in [1.165, 1.54) is 0 Å². The molecule has 0 radical (unpaired) electrons. The smallest absolute Gasteiger partial charge is 0.239 e. The van der Waals surface area contributed by atoms with Gasteiger partial charge < -0.3 is 5.11 Å². The van der Waals surface area contributed by atoms with Crippen LogP contribution in [0.3, 0.4) is 0 Å². The Morgan fingerprint density at radius 1 is 0.833 bits per heavy atom. The van der Waals surface area contributed by atoms with E-state index in [2.05, 4.69) is 20.0 Å². The highest BCUT2D eigenvalue weighted by atomic mass is 16.3. The van der Waals surface area contributed by atoms with Crippen LogP contribution in [0, 0.1) is 0 Å². The van der Waals surface area contributed by atoms with Gasteiger partial charge in [-0.05, 0) is 27.7 Å². The van der Waals surface area contributed by atoms with Crippen molar-refractivity contribution in [2.24, 2.45) is 20.0 Å². The van der Waals surface area contributed by atoms with E-state index in [0.717, 1.165) is 17.1 Å². The van der Waals surface area contributed by atoms with E-state index in [1.807, 2.05) is 13.8 Å². The number of aliphatic hydroxyl groups is 1. The second-order valence-electron chi connectivity index (χ2n) is 4.42. The third-order valence-electron chi connectivity index (χ3n) is 3.13. The Morgan fingerprint density at radius 3 is 2.28 bits per heavy atom. The highest BCUT2D eigenvalue weighted by Crippen LogP contribution is 2.27. The summed E-state index contributed by atoms with van der Waals surface area (Å²) in [6.07, 6.45) is 0. The average molecular weight is 243 g/mol. The minimum atomic E-state index is 0.0769. The lowest BCUT2D eigenvalue weighted by atomic mass is 10.1. The molecule has 0 atom stereocenters. The van der Waals surface area contributed by atoms with Gasteiger partial charge in [-0.15, -0.1) is 0 Å². The average Bonchev–Trinajstić information content (AvgIpc) is 2.31. The van der Waals surface area contributed by atoms with Crippen LogP contribution in [-0.4, -0.2) is 33.5 Å². The van der Waals surface area contributed by atoms with Gasteiger partial charge in [0.25, 0.3) is 0 Å². The molecule has 3 rings (SSSR count). The molecule has 92 valence electrons. The number of hydrogen-bond acceptors (Lipinski definition) is 6. The van der Waals surface area contributed by atoms with Crippen LogP contribution >= 0.6 is 0 Å². The minimum Gasteiger partial charge on any atom is -0.503 e. The molecule has 6 heteroatoms. The molecule has 0 aliphatic carbocycles. The number of guanidine groups is 1. The summed E-state index contributed by atoms with van der Waals surface area (Å²) >= 11 is 0. The predicted molar refractivity (Wildman–Crippen MR) is 71.0 cm³/mol. The van der Waals surface area contributed by atoms with Crippen molar-refractivity contribution in [3.63, 3.8) is 0 Å². The summed E-state index contributed by atoms with van der Waals surface area (Å²) in [5.41, 5.74) is 2.41. The Bertz CT molecular complexity index is 645. The van der Waals surface area contributed by atoms with Gasteiger partial charge in [0.05, 0.1) is 5.70 Å². The Labute approximate surface area is 104 Å². The summed E-state index contributed by atoms with van der Waals surface area (Å²) in [5, 5.41) is 10.1. The van der Waals surface area contributed by atoms with Crippen molar-refractivity contribution >= 4 is 23.5 Å². The molecule has 0 aromatic heterocycles. The van der Waals surface area contributed by atoms with Crippen LogP contribution in [-0.2, 0) is 0 Å². The summed E-state index contributed by atoms with van der Waals surface area (Å²) in [4.78, 5) is 19.1. The largest absolute Gasteiger partial charge is 0.503 e. The third kappa shape index (κ3) is 1.28. The summed E-state index contributed by atoms with van der Waals surface area (Å²) in [7, 11) is 0. The monoisotopic (exact) mass is 243 g/mol. The molecule has 0 unspecified atom stereocenters. The molecule has 6 nitrogen and oxygen atoms in total. The third-order valence-corrected chi connectivity index (χ3v) is 3.13. The molecule has 0 bridgehead atoms. The highest BCUT2D eigenvalue weighted by Gasteiger charge is 2.36. The van der Waals surface area contributed by atoms with E-state index in [-0.39, 0.29) is 5.76 Å². The van der Waals surface area contributed by atoms with E-state index in [1.54, 1.807) is 18.7 Å². The van der Waals surface area contributed by atoms with Gasteiger partial charge in [0.1, 0.15) is 11.7 Å². The molecule has 3 aliphatic rings. The SMILES string of the molecule is CC1=NC2=NC(C)=C(C)C3=NC(C)=C(O)C(=N1)N23. The lowest BCUT2D eigenvalue weighted by Gasteiger charge is -2.34. The van der Waals surface area contributed by atoms with E-state index >= 15 is 0 Å². The maximum Gasteiger partial charge on any atom is 0.239 e. The molecular formula is C12H13N5O. The maximum atomic E-state index is 10.1. The molecule has 3 heterocycles. The number of allylic oxidation sites excluding steroid dienone is 2. The summed E-state index contributed by atoms with van der Waals surface area (Å²) in [5.74, 6) is 2.36. The lowest BCUT2D eigenvalue weighted by molar-refractivity contribution is 0.425. The van der Waals surface area contributed by atoms with Gasteiger partial charge in [0.15, 0.2) is 11.6 Å². The standard InChI is InChI=1S/C12H13N5O/c1-5-6(2)14-12-16-8(4)15-11-9(18)7(3)13-10(5)17(11)12/h18H,1-4H3. The lowest BCUT2D eigenvalue weighted by Crippen LogP contribution is -2.48. The zero-order valence-corrected chi connectivity index (χ0v) is 10.7. The van der Waals surface area contributed by atoms with E-state index < -0.39 is 0 Å². The fourth-order valence-electron chi connectivity index (χ4n) is 2.02. The van der Waals surface area contributed by atoms with Crippen molar-refractivity contribution in [1.82, 2.24) is 4.90 Å². The van der Waals surface area contributed by atoms with Crippen molar-refractivity contribution in [2.75, 3.05) is 0 Å². The first-order chi connectivity index (χ1) is 8.49. The van der Waals surface area contributed by atoms with Crippen LogP contribution < -0.4 is 0 Å². The molecule has 0 aromatic carbocycles. The van der Waals surface area contributed by atoms with Gasteiger partial charge in [-0.3, -0.25) is 0 Å². The molecule has 0 fully saturated rings. The van der Waals surface area contributed by atoms with Gasteiger partial charge in [0, 0.05) is 11.3 Å². The van der Waals surface area contributed by atoms with Crippen LogP contribution in [0.25, 0.3) is 0 Å². The fraction of sp³-hybridized carbons (Fsp3) is 0.333. The maximum absolute atomic E-state index is 10.1. The van der Waals surface area contributed by atoms with Crippen LogP contribution in [0.15, 0.2) is 42.7 Å². The number of rotatable bonds is 0. The first kappa shape index (κ1) is 10.9. The molecule has 0 saturated carbocycles. The number of nitrogens with zero attached hydrogens (tertiary/aromatic N) is 5. The van der Waals surface area contributed by atoms with Crippen LogP contribution in [0.4, 0.5) is 0 Å². The van der Waals surface area contributed by atoms with Gasteiger partial charge in [-0.1, -0.05) is 0 Å². The molecular weight excluding hydrogens is 230 g/mol. The summed E-state index contributed by atoms with van der Waals surface area (Å²) in [6.45, 7) is 7.41. The molecule has 0 amide bonds. The van der Waals surface area contributed by atoms with Crippen LogP contribution in [0.2, 0.25) is 0 Å². The van der Waals surface area contributed by atoms with Crippen molar-refractivity contribution < 1.29 is 5.11 Å². The number of hydrogen-bond donors (Lipinski definition) is 1. The molecule has 0 aromatic rings. The Hall–Kier alpha value is -2.24.